The van der Waals surface area contributed by atoms with Crippen molar-refractivity contribution >= 4 is 28.3 Å². The van der Waals surface area contributed by atoms with Crippen LogP contribution in [0.25, 0.3) is 11.3 Å². The van der Waals surface area contributed by atoms with Gasteiger partial charge in [0.2, 0.25) is 0 Å². The highest BCUT2D eigenvalue weighted by Gasteiger charge is 2.12. The summed E-state index contributed by atoms with van der Waals surface area (Å²) in [5.41, 5.74) is 5.49. The Kier molecular flexibility index (Phi) is 6.09. The number of carbonyl (C=O) groups is 2. The number of thiazole rings is 1. The summed E-state index contributed by atoms with van der Waals surface area (Å²) in [7, 11) is 0. The lowest BCUT2D eigenvalue weighted by atomic mass is 9.99. The molecule has 0 unspecified atom stereocenters. The van der Waals surface area contributed by atoms with Crippen LogP contribution in [0.1, 0.15) is 36.5 Å². The molecule has 2 rings (SSSR count). The highest BCUT2D eigenvalue weighted by atomic mass is 32.1. The molecule has 0 aliphatic carbocycles. The fourth-order valence-corrected chi connectivity index (χ4v) is 3.00. The Morgan fingerprint density at radius 2 is 1.88 bits per heavy atom. The second kappa shape index (κ2) is 8.06. The Hall–Kier alpha value is -2.21. The average molecular weight is 346 g/mol. The predicted molar refractivity (Wildman–Crippen MR) is 96.3 cm³/mol. The number of esters is 1. The minimum Gasteiger partial charge on any atom is -0.456 e. The van der Waals surface area contributed by atoms with E-state index in [1.54, 1.807) is 0 Å². The van der Waals surface area contributed by atoms with Crippen molar-refractivity contribution in [1.82, 2.24) is 4.98 Å². The lowest BCUT2D eigenvalue weighted by Gasteiger charge is -2.07. The summed E-state index contributed by atoms with van der Waals surface area (Å²) < 4.78 is 4.88. The van der Waals surface area contributed by atoms with Crippen molar-refractivity contribution in [2.75, 3.05) is 11.9 Å². The number of nitrogens with one attached hydrogen (secondary N) is 1. The number of benzene rings is 1. The van der Waals surface area contributed by atoms with Crippen molar-refractivity contribution in [2.45, 2.75) is 40.5 Å². The zero-order chi connectivity index (χ0) is 17.7. The molecule has 0 spiro atoms. The van der Waals surface area contributed by atoms with E-state index in [0.717, 1.165) is 16.8 Å². The van der Waals surface area contributed by atoms with Crippen LogP contribution < -0.4 is 5.32 Å². The van der Waals surface area contributed by atoms with Gasteiger partial charge < -0.3 is 4.74 Å². The van der Waals surface area contributed by atoms with E-state index in [4.69, 9.17) is 4.74 Å². The number of amides is 1. The van der Waals surface area contributed by atoms with Crippen LogP contribution >= 0.6 is 11.3 Å². The SMILES string of the molecule is CCCC(=O)OCC(=O)Nc1nc(-c2cc(C)c(C)cc2C)cs1. The van der Waals surface area contributed by atoms with Crippen LogP contribution in [0.3, 0.4) is 0 Å². The van der Waals surface area contributed by atoms with Crippen LogP contribution in [-0.2, 0) is 14.3 Å². The molecule has 128 valence electrons. The number of anilines is 1. The minimum atomic E-state index is -0.378. The Bertz CT molecular complexity index is 753. The number of carbonyl (C=O) groups excluding carboxylic acids is 2. The molecule has 1 heterocycles. The highest BCUT2D eigenvalue weighted by Crippen LogP contribution is 2.29. The molecule has 24 heavy (non-hydrogen) atoms. The molecular weight excluding hydrogens is 324 g/mol. The summed E-state index contributed by atoms with van der Waals surface area (Å²) in [5, 5.41) is 5.08. The van der Waals surface area contributed by atoms with Crippen LogP contribution in [0.2, 0.25) is 0 Å². The number of hydrogen-bond acceptors (Lipinski definition) is 5. The quantitative estimate of drug-likeness (QED) is 0.802. The molecule has 0 radical (unpaired) electrons. The van der Waals surface area contributed by atoms with Gasteiger partial charge in [-0.1, -0.05) is 13.0 Å². The first-order valence-corrected chi connectivity index (χ1v) is 8.78. The van der Waals surface area contributed by atoms with Gasteiger partial charge in [0.1, 0.15) is 0 Å². The van der Waals surface area contributed by atoms with Crippen molar-refractivity contribution in [1.29, 1.82) is 0 Å². The molecule has 0 saturated carbocycles. The van der Waals surface area contributed by atoms with Gasteiger partial charge in [0.15, 0.2) is 11.7 Å². The standard InChI is InChI=1S/C18H22N2O3S/c1-5-6-17(22)23-9-16(21)20-18-19-15(10-24-18)14-8-12(3)11(2)7-13(14)4/h7-8,10H,5-6,9H2,1-4H3,(H,19,20,21). The summed E-state index contributed by atoms with van der Waals surface area (Å²) in [5.74, 6) is -0.740. The van der Waals surface area contributed by atoms with Gasteiger partial charge in [-0.15, -0.1) is 11.3 Å². The lowest BCUT2D eigenvalue weighted by Crippen LogP contribution is -2.20. The van der Waals surface area contributed by atoms with Crippen LogP contribution in [0.4, 0.5) is 5.13 Å². The first kappa shape index (κ1) is 18.1. The van der Waals surface area contributed by atoms with E-state index in [-0.39, 0.29) is 18.5 Å². The zero-order valence-electron chi connectivity index (χ0n) is 14.4. The Morgan fingerprint density at radius 3 is 2.58 bits per heavy atom. The normalized spacial score (nSPS) is 10.5. The Morgan fingerprint density at radius 1 is 1.17 bits per heavy atom. The van der Waals surface area contributed by atoms with E-state index in [1.165, 1.54) is 22.5 Å². The summed E-state index contributed by atoms with van der Waals surface area (Å²) in [4.78, 5) is 27.5. The number of nitrogens with zero attached hydrogens (tertiary/aromatic N) is 1. The van der Waals surface area contributed by atoms with Gasteiger partial charge >= 0.3 is 5.97 Å². The van der Waals surface area contributed by atoms with Crippen LogP contribution in [0, 0.1) is 20.8 Å². The maximum absolute atomic E-state index is 11.8. The topological polar surface area (TPSA) is 68.3 Å². The molecule has 1 aromatic heterocycles. The van der Waals surface area contributed by atoms with Crippen molar-refractivity contribution in [3.05, 3.63) is 34.2 Å². The second-order valence-corrected chi connectivity index (χ2v) is 6.61. The van der Waals surface area contributed by atoms with Gasteiger partial charge in [0, 0.05) is 17.4 Å². The molecule has 2 aromatic rings. The predicted octanol–water partition coefficient (Wildman–Crippen LogP) is 4.02. The summed E-state index contributed by atoms with van der Waals surface area (Å²) in [6, 6.07) is 4.24. The van der Waals surface area contributed by atoms with E-state index in [9.17, 15) is 9.59 Å². The number of aryl methyl sites for hydroxylation is 3. The van der Waals surface area contributed by atoms with Crippen LogP contribution in [-0.4, -0.2) is 23.5 Å². The third-order valence-electron chi connectivity index (χ3n) is 3.69. The van der Waals surface area contributed by atoms with Crippen molar-refractivity contribution in [3.8, 4) is 11.3 Å². The molecule has 0 aliphatic rings. The van der Waals surface area contributed by atoms with Crippen LogP contribution in [0.15, 0.2) is 17.5 Å². The highest BCUT2D eigenvalue weighted by molar-refractivity contribution is 7.14. The maximum atomic E-state index is 11.8. The third kappa shape index (κ3) is 4.64. The third-order valence-corrected chi connectivity index (χ3v) is 4.44. The molecule has 5 nitrogen and oxygen atoms in total. The average Bonchev–Trinajstić information content (AvgIpc) is 2.97. The van der Waals surface area contributed by atoms with Gasteiger partial charge in [0.05, 0.1) is 5.69 Å². The monoisotopic (exact) mass is 346 g/mol. The van der Waals surface area contributed by atoms with E-state index < -0.39 is 0 Å². The lowest BCUT2D eigenvalue weighted by molar-refractivity contribution is -0.147. The fourth-order valence-electron chi connectivity index (χ4n) is 2.27. The smallest absolute Gasteiger partial charge is 0.306 e. The molecular formula is C18H22N2O3S. The zero-order valence-corrected chi connectivity index (χ0v) is 15.3. The van der Waals surface area contributed by atoms with E-state index in [1.807, 2.05) is 19.2 Å². The van der Waals surface area contributed by atoms with Crippen LogP contribution in [0.5, 0.6) is 0 Å². The maximum Gasteiger partial charge on any atom is 0.306 e. The van der Waals surface area contributed by atoms with Gasteiger partial charge in [-0.3, -0.25) is 14.9 Å². The van der Waals surface area contributed by atoms with Crippen molar-refractivity contribution < 1.29 is 14.3 Å². The first-order valence-electron chi connectivity index (χ1n) is 7.90. The van der Waals surface area contributed by atoms with E-state index in [2.05, 4.69) is 36.3 Å². The van der Waals surface area contributed by atoms with Crippen molar-refractivity contribution in [2.24, 2.45) is 0 Å². The molecule has 6 heteroatoms. The number of aromatic nitrogens is 1. The van der Waals surface area contributed by atoms with Gasteiger partial charge in [-0.2, -0.15) is 0 Å². The molecule has 0 fully saturated rings. The fraction of sp³-hybridized carbons (Fsp3) is 0.389. The summed E-state index contributed by atoms with van der Waals surface area (Å²) >= 11 is 1.35. The van der Waals surface area contributed by atoms with Gasteiger partial charge in [0.25, 0.3) is 5.91 Å². The summed E-state index contributed by atoms with van der Waals surface area (Å²) in [6.07, 6.45) is 1.02. The number of hydrogen-bond donors (Lipinski definition) is 1. The van der Waals surface area contributed by atoms with Gasteiger partial charge in [-0.05, 0) is 49.9 Å². The van der Waals surface area contributed by atoms with Crippen molar-refractivity contribution in [3.63, 3.8) is 0 Å². The number of rotatable bonds is 6. The molecule has 1 N–H and O–H groups in total. The second-order valence-electron chi connectivity index (χ2n) is 5.75. The van der Waals surface area contributed by atoms with E-state index in [0.29, 0.717) is 18.0 Å². The molecule has 0 aliphatic heterocycles. The molecule has 1 amide bonds. The minimum absolute atomic E-state index is 0.281. The molecule has 0 saturated heterocycles. The Labute approximate surface area is 146 Å². The molecule has 0 atom stereocenters. The molecule has 1 aromatic carbocycles. The Balaban J connectivity index is 2.02. The number of ether oxygens (including phenoxy) is 1. The van der Waals surface area contributed by atoms with E-state index >= 15 is 0 Å². The van der Waals surface area contributed by atoms with Gasteiger partial charge in [-0.25, -0.2) is 4.98 Å². The summed E-state index contributed by atoms with van der Waals surface area (Å²) in [6.45, 7) is 7.80. The molecule has 0 bridgehead atoms. The largest absolute Gasteiger partial charge is 0.456 e. The first-order chi connectivity index (χ1) is 11.4.